The van der Waals surface area contributed by atoms with E-state index in [2.05, 4.69) is 10.3 Å². The number of esters is 1. The monoisotopic (exact) mass is 376 g/mol. The second-order valence-corrected chi connectivity index (χ2v) is 6.42. The molecule has 0 saturated heterocycles. The first-order valence-electron chi connectivity index (χ1n) is 8.08. The lowest BCUT2D eigenvalue weighted by Crippen LogP contribution is -2.31. The fourth-order valence-electron chi connectivity index (χ4n) is 2.98. The van der Waals surface area contributed by atoms with Crippen LogP contribution >= 0.6 is 11.6 Å². The van der Waals surface area contributed by atoms with Gasteiger partial charge in [-0.3, -0.25) is 14.4 Å². The van der Waals surface area contributed by atoms with Gasteiger partial charge in [0.25, 0.3) is 5.91 Å². The van der Waals surface area contributed by atoms with E-state index in [1.165, 1.54) is 14.0 Å². The van der Waals surface area contributed by atoms with Crippen LogP contribution in [0.1, 0.15) is 57.1 Å². The first kappa shape index (κ1) is 19.7. The van der Waals surface area contributed by atoms with E-state index in [9.17, 15) is 14.4 Å². The van der Waals surface area contributed by atoms with Crippen molar-refractivity contribution < 1.29 is 19.1 Å². The van der Waals surface area contributed by atoms with Gasteiger partial charge in [0.2, 0.25) is 0 Å². The van der Waals surface area contributed by atoms with Gasteiger partial charge in [-0.1, -0.05) is 29.8 Å². The first-order chi connectivity index (χ1) is 12.3. The first-order valence-corrected chi connectivity index (χ1v) is 8.46. The zero-order valence-electron chi connectivity index (χ0n) is 15.1. The van der Waals surface area contributed by atoms with Gasteiger partial charge >= 0.3 is 5.97 Å². The number of halogens is 1. The molecule has 0 aliphatic heterocycles. The third kappa shape index (κ3) is 4.14. The molecule has 0 fully saturated rings. The Labute approximate surface area is 156 Å². The van der Waals surface area contributed by atoms with Crippen molar-refractivity contribution >= 4 is 29.3 Å². The molecule has 138 valence electrons. The van der Waals surface area contributed by atoms with E-state index in [0.717, 1.165) is 0 Å². The minimum atomic E-state index is -0.660. The van der Waals surface area contributed by atoms with E-state index in [0.29, 0.717) is 27.4 Å². The third-order valence-corrected chi connectivity index (χ3v) is 4.55. The fourth-order valence-corrected chi connectivity index (χ4v) is 3.25. The molecule has 0 aliphatic rings. The highest BCUT2D eigenvalue weighted by atomic mass is 35.5. The zero-order valence-corrected chi connectivity index (χ0v) is 15.9. The van der Waals surface area contributed by atoms with Crippen LogP contribution in [0.5, 0.6) is 0 Å². The molecule has 1 aromatic heterocycles. The van der Waals surface area contributed by atoms with Crippen LogP contribution in [-0.4, -0.2) is 29.8 Å². The molecule has 1 atom stereocenters. The molecule has 1 amide bonds. The summed E-state index contributed by atoms with van der Waals surface area (Å²) < 4.78 is 4.72. The van der Waals surface area contributed by atoms with E-state index in [-0.39, 0.29) is 17.9 Å². The van der Waals surface area contributed by atoms with Crippen molar-refractivity contribution in [3.05, 3.63) is 57.4 Å². The summed E-state index contributed by atoms with van der Waals surface area (Å²) >= 11 is 6.22. The summed E-state index contributed by atoms with van der Waals surface area (Å²) in [7, 11) is 1.28. The van der Waals surface area contributed by atoms with Gasteiger partial charge in [-0.15, -0.1) is 0 Å². The van der Waals surface area contributed by atoms with E-state index in [4.69, 9.17) is 16.3 Å². The van der Waals surface area contributed by atoms with E-state index >= 15 is 0 Å². The molecule has 2 N–H and O–H groups in total. The number of rotatable bonds is 6. The van der Waals surface area contributed by atoms with Gasteiger partial charge in [-0.2, -0.15) is 0 Å². The van der Waals surface area contributed by atoms with Crippen molar-refractivity contribution in [1.29, 1.82) is 0 Å². The maximum atomic E-state index is 12.8. The van der Waals surface area contributed by atoms with E-state index in [1.807, 2.05) is 0 Å². The fraction of sp³-hybridized carbons (Fsp3) is 0.316. The predicted molar refractivity (Wildman–Crippen MR) is 98.6 cm³/mol. The Bertz CT molecular complexity index is 857. The van der Waals surface area contributed by atoms with Crippen LogP contribution in [0.15, 0.2) is 24.3 Å². The minimum Gasteiger partial charge on any atom is -0.469 e. The number of ether oxygens (including phenoxy) is 1. The Kier molecular flexibility index (Phi) is 6.21. The van der Waals surface area contributed by atoms with Gasteiger partial charge < -0.3 is 15.0 Å². The van der Waals surface area contributed by atoms with Crippen molar-refractivity contribution in [2.24, 2.45) is 0 Å². The SMILES string of the molecule is COC(=O)CC(NC(=O)c1[nH]c(C)c(C(C)=O)c1C)c1ccccc1Cl. The van der Waals surface area contributed by atoms with Crippen LogP contribution in [0.3, 0.4) is 0 Å². The third-order valence-electron chi connectivity index (χ3n) is 4.20. The summed E-state index contributed by atoms with van der Waals surface area (Å²) in [6.07, 6.45) is -0.0652. The smallest absolute Gasteiger partial charge is 0.307 e. The number of hydrogen-bond donors (Lipinski definition) is 2. The number of carbonyl (C=O) groups is 3. The molecule has 1 aromatic carbocycles. The molecule has 6 nitrogen and oxygen atoms in total. The Morgan fingerprint density at radius 1 is 1.23 bits per heavy atom. The lowest BCUT2D eigenvalue weighted by Gasteiger charge is -2.19. The van der Waals surface area contributed by atoms with Gasteiger partial charge in [0.1, 0.15) is 5.69 Å². The number of aromatic amines is 1. The number of benzene rings is 1. The molecule has 26 heavy (non-hydrogen) atoms. The van der Waals surface area contributed by atoms with Crippen molar-refractivity contribution in [2.45, 2.75) is 33.2 Å². The summed E-state index contributed by atoms with van der Waals surface area (Å²) in [5.41, 5.74) is 2.60. The second kappa shape index (κ2) is 8.19. The normalized spacial score (nSPS) is 11.7. The highest BCUT2D eigenvalue weighted by Crippen LogP contribution is 2.26. The standard InChI is InChI=1S/C19H21ClN2O4/c1-10-17(12(3)23)11(2)21-18(10)19(25)22-15(9-16(24)26-4)13-7-5-6-8-14(13)20/h5-8,15,21H,9H2,1-4H3,(H,22,25). The van der Waals surface area contributed by atoms with Crippen LogP contribution in [-0.2, 0) is 9.53 Å². The number of carbonyl (C=O) groups excluding carboxylic acids is 3. The molecule has 0 bridgehead atoms. The topological polar surface area (TPSA) is 88.3 Å². The number of aryl methyl sites for hydroxylation is 1. The molecule has 7 heteroatoms. The minimum absolute atomic E-state index is 0.0652. The molecule has 2 rings (SSSR count). The van der Waals surface area contributed by atoms with Crippen molar-refractivity contribution in [2.75, 3.05) is 7.11 Å². The number of H-pyrrole nitrogens is 1. The number of ketones is 1. The Morgan fingerprint density at radius 3 is 2.42 bits per heavy atom. The van der Waals surface area contributed by atoms with Gasteiger partial charge in [0, 0.05) is 16.3 Å². The Balaban J connectivity index is 2.35. The lowest BCUT2D eigenvalue weighted by molar-refractivity contribution is -0.141. The summed E-state index contributed by atoms with van der Waals surface area (Å²) in [6.45, 7) is 4.90. The molecular formula is C19H21ClN2O4. The number of methoxy groups -OCH3 is 1. The molecule has 2 aromatic rings. The molecule has 1 unspecified atom stereocenters. The molecule has 0 aliphatic carbocycles. The number of Topliss-reactive ketones (excluding diaryl/α,β-unsaturated/α-hetero) is 1. The Hall–Kier alpha value is -2.60. The van der Waals surface area contributed by atoms with Gasteiger partial charge in [-0.05, 0) is 38.0 Å². The van der Waals surface area contributed by atoms with Crippen LogP contribution < -0.4 is 5.32 Å². The van der Waals surface area contributed by atoms with Crippen molar-refractivity contribution in [3.63, 3.8) is 0 Å². The molecule has 0 radical (unpaired) electrons. The molecule has 1 heterocycles. The summed E-state index contributed by atoms with van der Waals surface area (Å²) in [5, 5.41) is 3.24. The quantitative estimate of drug-likeness (QED) is 0.596. The molecular weight excluding hydrogens is 356 g/mol. The maximum absolute atomic E-state index is 12.8. The average Bonchev–Trinajstić information content (AvgIpc) is 2.89. The van der Waals surface area contributed by atoms with Gasteiger partial charge in [-0.25, -0.2) is 0 Å². The van der Waals surface area contributed by atoms with Crippen LogP contribution in [0, 0.1) is 13.8 Å². The van der Waals surface area contributed by atoms with Crippen molar-refractivity contribution in [1.82, 2.24) is 10.3 Å². The predicted octanol–water partition coefficient (Wildman–Crippen LogP) is 3.52. The van der Waals surface area contributed by atoms with Crippen molar-refractivity contribution in [3.8, 4) is 0 Å². The summed E-state index contributed by atoms with van der Waals surface area (Å²) in [5.74, 6) is -1.02. The molecule has 0 spiro atoms. The number of nitrogens with one attached hydrogen (secondary N) is 2. The zero-order chi connectivity index (χ0) is 19.4. The number of amides is 1. The van der Waals surface area contributed by atoms with E-state index in [1.54, 1.807) is 38.1 Å². The molecule has 0 saturated carbocycles. The highest BCUT2D eigenvalue weighted by molar-refractivity contribution is 6.31. The average molecular weight is 377 g/mol. The van der Waals surface area contributed by atoms with Gasteiger partial charge in [0.05, 0.1) is 19.6 Å². The maximum Gasteiger partial charge on any atom is 0.307 e. The largest absolute Gasteiger partial charge is 0.469 e. The van der Waals surface area contributed by atoms with Crippen LogP contribution in [0.25, 0.3) is 0 Å². The van der Waals surface area contributed by atoms with Crippen LogP contribution in [0.2, 0.25) is 5.02 Å². The van der Waals surface area contributed by atoms with Gasteiger partial charge in [0.15, 0.2) is 5.78 Å². The number of aromatic nitrogens is 1. The van der Waals surface area contributed by atoms with Crippen LogP contribution in [0.4, 0.5) is 0 Å². The number of hydrogen-bond acceptors (Lipinski definition) is 4. The summed E-state index contributed by atoms with van der Waals surface area (Å²) in [6, 6.07) is 6.30. The lowest BCUT2D eigenvalue weighted by atomic mass is 10.0. The summed E-state index contributed by atoms with van der Waals surface area (Å²) in [4.78, 5) is 39.3. The highest BCUT2D eigenvalue weighted by Gasteiger charge is 2.25. The van der Waals surface area contributed by atoms with E-state index < -0.39 is 17.9 Å². The Morgan fingerprint density at radius 2 is 1.88 bits per heavy atom. The second-order valence-electron chi connectivity index (χ2n) is 6.01.